The normalized spacial score (nSPS) is 25.7. The second-order valence-corrected chi connectivity index (χ2v) is 7.76. The van der Waals surface area contributed by atoms with Crippen LogP contribution in [-0.4, -0.2) is 59.5 Å². The Bertz CT molecular complexity index is 705. The maximum atomic E-state index is 12.5. The average Bonchev–Trinajstić information content (AvgIpc) is 3.23. The number of likely N-dealkylation sites (N-methyl/N-ethyl adjacent to an activating group) is 1. The molecule has 0 unspecified atom stereocenters. The van der Waals surface area contributed by atoms with Gasteiger partial charge in [0.25, 0.3) is 0 Å². The van der Waals surface area contributed by atoms with Gasteiger partial charge in [-0.1, -0.05) is 18.2 Å². The molecule has 0 saturated carbocycles. The quantitative estimate of drug-likeness (QED) is 0.856. The first-order valence-corrected chi connectivity index (χ1v) is 9.22. The number of piperazine rings is 1. The van der Waals surface area contributed by atoms with E-state index < -0.39 is 0 Å². The predicted octanol–water partition coefficient (Wildman–Crippen LogP) is 2.07. The molecular weight excluding hydrogens is 320 g/mol. The van der Waals surface area contributed by atoms with Crippen LogP contribution in [0.4, 0.5) is 5.69 Å². The van der Waals surface area contributed by atoms with Gasteiger partial charge in [0.15, 0.2) is 0 Å². The zero-order chi connectivity index (χ0) is 16.6. The Morgan fingerprint density at radius 2 is 2.08 bits per heavy atom. The minimum Gasteiger partial charge on any atom is -0.309 e. The van der Waals surface area contributed by atoms with Crippen LogP contribution in [0.15, 0.2) is 41.9 Å². The summed E-state index contributed by atoms with van der Waals surface area (Å²) in [4.78, 5) is 23.6. The SMILES string of the molecule is CN1CC(=O)N(c2ccccc2)C[C@]12CCN(Cc1nccs1)C2. The van der Waals surface area contributed by atoms with Crippen molar-refractivity contribution in [2.24, 2.45) is 0 Å². The summed E-state index contributed by atoms with van der Waals surface area (Å²) in [5.74, 6) is 0.188. The minimum atomic E-state index is 0.0427. The summed E-state index contributed by atoms with van der Waals surface area (Å²) < 4.78 is 0. The number of rotatable bonds is 3. The molecule has 0 radical (unpaired) electrons. The van der Waals surface area contributed by atoms with Crippen molar-refractivity contribution in [1.82, 2.24) is 14.8 Å². The molecule has 2 fully saturated rings. The molecule has 1 amide bonds. The first kappa shape index (κ1) is 15.7. The van der Waals surface area contributed by atoms with Crippen molar-refractivity contribution < 1.29 is 4.79 Å². The fraction of sp³-hybridized carbons (Fsp3) is 0.444. The summed E-state index contributed by atoms with van der Waals surface area (Å²) in [6.45, 7) is 4.20. The number of likely N-dealkylation sites (tertiary alicyclic amines) is 1. The Labute approximate surface area is 146 Å². The number of thiazole rings is 1. The van der Waals surface area contributed by atoms with Gasteiger partial charge in [-0.2, -0.15) is 0 Å². The smallest absolute Gasteiger partial charge is 0.241 e. The van der Waals surface area contributed by atoms with Crippen molar-refractivity contribution in [3.05, 3.63) is 46.9 Å². The van der Waals surface area contributed by atoms with E-state index in [1.165, 1.54) is 5.01 Å². The van der Waals surface area contributed by atoms with Gasteiger partial charge in [0.05, 0.1) is 18.6 Å². The van der Waals surface area contributed by atoms with E-state index in [0.29, 0.717) is 6.54 Å². The number of hydrogen-bond acceptors (Lipinski definition) is 5. The molecular formula is C18H22N4OS. The standard InChI is InChI=1S/C18H22N4OS/c1-20-12-17(23)22(15-5-3-2-4-6-15)14-18(20)7-9-21(13-18)11-16-19-8-10-24-16/h2-6,8,10H,7,9,11-14H2,1H3/t18-/m1/s1. The zero-order valence-electron chi connectivity index (χ0n) is 13.9. The summed E-state index contributed by atoms with van der Waals surface area (Å²) in [7, 11) is 2.09. The number of carbonyl (C=O) groups is 1. The highest BCUT2D eigenvalue weighted by molar-refractivity contribution is 7.09. The number of anilines is 1. The van der Waals surface area contributed by atoms with E-state index in [9.17, 15) is 4.79 Å². The molecule has 0 aliphatic carbocycles. The predicted molar refractivity (Wildman–Crippen MR) is 96.2 cm³/mol. The lowest BCUT2D eigenvalue weighted by Gasteiger charge is -2.47. The number of hydrogen-bond donors (Lipinski definition) is 0. The van der Waals surface area contributed by atoms with E-state index >= 15 is 0 Å². The number of aromatic nitrogens is 1. The molecule has 2 aliphatic rings. The molecule has 126 valence electrons. The molecule has 0 bridgehead atoms. The minimum absolute atomic E-state index is 0.0427. The van der Waals surface area contributed by atoms with Crippen LogP contribution in [0.2, 0.25) is 0 Å². The fourth-order valence-corrected chi connectivity index (χ4v) is 4.50. The van der Waals surface area contributed by atoms with Gasteiger partial charge in [-0.3, -0.25) is 14.6 Å². The van der Waals surface area contributed by atoms with Crippen LogP contribution in [0, 0.1) is 0 Å². The zero-order valence-corrected chi connectivity index (χ0v) is 14.7. The molecule has 1 spiro atoms. The van der Waals surface area contributed by atoms with E-state index in [-0.39, 0.29) is 11.4 Å². The molecule has 0 N–H and O–H groups in total. The Kier molecular flexibility index (Phi) is 4.12. The van der Waals surface area contributed by atoms with Crippen LogP contribution in [0.5, 0.6) is 0 Å². The van der Waals surface area contributed by atoms with Crippen molar-refractivity contribution in [3.63, 3.8) is 0 Å². The van der Waals surface area contributed by atoms with E-state index in [1.54, 1.807) is 11.3 Å². The third-order valence-corrected chi connectivity index (χ3v) is 6.02. The lowest BCUT2D eigenvalue weighted by Crippen LogP contribution is -2.64. The molecule has 2 aliphatic heterocycles. The fourth-order valence-electron chi connectivity index (χ4n) is 3.84. The molecule has 5 nitrogen and oxygen atoms in total. The number of carbonyl (C=O) groups excluding carboxylic acids is 1. The lowest BCUT2D eigenvalue weighted by molar-refractivity contribution is -0.123. The molecule has 2 aromatic rings. The van der Waals surface area contributed by atoms with Gasteiger partial charge in [-0.25, -0.2) is 4.98 Å². The van der Waals surface area contributed by atoms with Gasteiger partial charge in [0.1, 0.15) is 5.01 Å². The van der Waals surface area contributed by atoms with Crippen molar-refractivity contribution >= 4 is 22.9 Å². The Morgan fingerprint density at radius 1 is 1.25 bits per heavy atom. The molecule has 1 atom stereocenters. The first-order chi connectivity index (χ1) is 11.7. The summed E-state index contributed by atoms with van der Waals surface area (Å²) in [5, 5.41) is 3.20. The van der Waals surface area contributed by atoms with Gasteiger partial charge in [0, 0.05) is 36.9 Å². The third kappa shape index (κ3) is 2.85. The van der Waals surface area contributed by atoms with Gasteiger partial charge >= 0.3 is 0 Å². The average molecular weight is 342 g/mol. The molecule has 4 rings (SSSR count). The molecule has 24 heavy (non-hydrogen) atoms. The maximum Gasteiger partial charge on any atom is 0.241 e. The van der Waals surface area contributed by atoms with Crippen LogP contribution in [0.3, 0.4) is 0 Å². The van der Waals surface area contributed by atoms with Crippen LogP contribution in [0.25, 0.3) is 0 Å². The van der Waals surface area contributed by atoms with E-state index in [2.05, 4.69) is 21.8 Å². The number of amides is 1. The van der Waals surface area contributed by atoms with Gasteiger partial charge in [-0.15, -0.1) is 11.3 Å². The molecule has 1 aromatic heterocycles. The second-order valence-electron chi connectivity index (χ2n) is 6.78. The van der Waals surface area contributed by atoms with Gasteiger partial charge < -0.3 is 4.90 Å². The second kappa shape index (κ2) is 6.27. The topological polar surface area (TPSA) is 39.7 Å². The molecule has 1 aromatic carbocycles. The van der Waals surface area contributed by atoms with Crippen molar-refractivity contribution in [1.29, 1.82) is 0 Å². The number of para-hydroxylation sites is 1. The highest BCUT2D eigenvalue weighted by Crippen LogP contribution is 2.34. The first-order valence-electron chi connectivity index (χ1n) is 8.34. The van der Waals surface area contributed by atoms with Gasteiger partial charge in [0.2, 0.25) is 5.91 Å². The number of nitrogens with zero attached hydrogens (tertiary/aromatic N) is 4. The molecule has 3 heterocycles. The Morgan fingerprint density at radius 3 is 2.83 bits per heavy atom. The van der Waals surface area contributed by atoms with Gasteiger partial charge in [-0.05, 0) is 25.6 Å². The summed E-state index contributed by atoms with van der Waals surface area (Å²) in [6.07, 6.45) is 2.96. The van der Waals surface area contributed by atoms with Crippen LogP contribution >= 0.6 is 11.3 Å². The molecule has 2 saturated heterocycles. The summed E-state index contributed by atoms with van der Waals surface area (Å²) in [5.41, 5.74) is 1.05. The largest absolute Gasteiger partial charge is 0.309 e. The Hall–Kier alpha value is -1.76. The number of benzene rings is 1. The summed E-state index contributed by atoms with van der Waals surface area (Å²) in [6, 6.07) is 10.0. The monoisotopic (exact) mass is 342 g/mol. The van der Waals surface area contributed by atoms with Crippen molar-refractivity contribution in [2.75, 3.05) is 38.1 Å². The Balaban J connectivity index is 1.52. The van der Waals surface area contributed by atoms with Crippen LogP contribution < -0.4 is 4.90 Å². The lowest BCUT2D eigenvalue weighted by atomic mass is 9.92. The van der Waals surface area contributed by atoms with Crippen molar-refractivity contribution in [2.45, 2.75) is 18.5 Å². The van der Waals surface area contributed by atoms with Crippen LogP contribution in [0.1, 0.15) is 11.4 Å². The highest BCUT2D eigenvalue weighted by atomic mass is 32.1. The third-order valence-electron chi connectivity index (χ3n) is 5.26. The van der Waals surface area contributed by atoms with E-state index in [1.807, 2.05) is 46.8 Å². The van der Waals surface area contributed by atoms with Crippen LogP contribution in [-0.2, 0) is 11.3 Å². The van der Waals surface area contributed by atoms with E-state index in [0.717, 1.165) is 38.3 Å². The van der Waals surface area contributed by atoms with Crippen molar-refractivity contribution in [3.8, 4) is 0 Å². The highest BCUT2D eigenvalue weighted by Gasteiger charge is 2.47. The summed E-state index contributed by atoms with van der Waals surface area (Å²) >= 11 is 1.71. The maximum absolute atomic E-state index is 12.5. The molecule has 6 heteroatoms. The van der Waals surface area contributed by atoms with E-state index in [4.69, 9.17) is 0 Å².